The van der Waals surface area contributed by atoms with Crippen molar-refractivity contribution in [3.05, 3.63) is 120 Å². The van der Waals surface area contributed by atoms with E-state index >= 15 is 0 Å². The Morgan fingerprint density at radius 1 is 0.710 bits per heavy atom. The number of alkyl carbamates (subject to hydrolysis) is 1. The van der Waals surface area contributed by atoms with Gasteiger partial charge in [0.05, 0.1) is 12.7 Å². The molecule has 0 aromatic heterocycles. The first-order chi connectivity index (χ1) is 29.5. The van der Waals surface area contributed by atoms with Crippen molar-refractivity contribution in [3.63, 3.8) is 0 Å². The smallest absolute Gasteiger partial charge is 0.407 e. The summed E-state index contributed by atoms with van der Waals surface area (Å²) in [6.07, 6.45) is -8.69. The van der Waals surface area contributed by atoms with Gasteiger partial charge in [-0.05, 0) is 50.0 Å². The summed E-state index contributed by atoms with van der Waals surface area (Å²) in [5.74, 6) is -3.57. The lowest BCUT2D eigenvalue weighted by molar-refractivity contribution is -0.142. The first-order valence-electron chi connectivity index (χ1n) is 20.8. The van der Waals surface area contributed by atoms with Crippen molar-refractivity contribution in [2.75, 3.05) is 19.8 Å². The Kier molecular flexibility index (Phi) is 16.2. The van der Waals surface area contributed by atoms with Crippen LogP contribution in [-0.4, -0.2) is 114 Å². The standard InChI is InChI=1S/C47H59N3O11Si/c1-29(2)41(50-46(59)60-27-36-34-22-14-12-20-32(34)33-21-13-15-23-35(33)36)44(56)49-37(45(57)58)24-25-40(53)48-26-38(51)42(54)43(55)39(52)28-61-62(47(3,4)5,30-16-8-6-9-17-30)31-18-10-7-11-19-31/h6-23,29,36-39,41-43,51-52,54-55H,24-28H2,1-5H3,(H,48,53)(H,49,56)(H,50,59)(H,57,58)/t37-,38-,39+,41?,42+,43+/m0/s1. The van der Waals surface area contributed by atoms with Gasteiger partial charge < -0.3 is 50.6 Å². The molecular weight excluding hydrogens is 811 g/mol. The molecule has 0 heterocycles. The Morgan fingerprint density at radius 2 is 1.21 bits per heavy atom. The van der Waals surface area contributed by atoms with Crippen molar-refractivity contribution in [2.45, 2.75) is 94.9 Å². The van der Waals surface area contributed by atoms with Gasteiger partial charge in [-0.3, -0.25) is 9.59 Å². The average Bonchev–Trinajstić information content (AvgIpc) is 3.58. The highest BCUT2D eigenvalue weighted by Crippen LogP contribution is 2.44. The number of benzene rings is 4. The van der Waals surface area contributed by atoms with Crippen LogP contribution in [-0.2, 0) is 23.5 Å². The molecule has 4 aromatic carbocycles. The van der Waals surface area contributed by atoms with Crippen LogP contribution in [0.15, 0.2) is 109 Å². The van der Waals surface area contributed by atoms with Gasteiger partial charge in [-0.1, -0.05) is 144 Å². The summed E-state index contributed by atoms with van der Waals surface area (Å²) < 4.78 is 12.2. The number of nitrogens with one attached hydrogen (secondary N) is 3. The number of carbonyl (C=O) groups excluding carboxylic acids is 3. The van der Waals surface area contributed by atoms with E-state index in [1.165, 1.54) is 0 Å². The van der Waals surface area contributed by atoms with Gasteiger partial charge in [0, 0.05) is 18.9 Å². The van der Waals surface area contributed by atoms with Crippen LogP contribution in [0.5, 0.6) is 0 Å². The number of carboxylic acid groups (broad SMARTS) is 1. The molecule has 4 aromatic rings. The van der Waals surface area contributed by atoms with Crippen molar-refractivity contribution in [2.24, 2.45) is 5.92 Å². The fraction of sp³-hybridized carbons (Fsp3) is 0.404. The summed E-state index contributed by atoms with van der Waals surface area (Å²) in [4.78, 5) is 51.2. The molecule has 0 saturated carbocycles. The number of rotatable bonds is 20. The Morgan fingerprint density at radius 3 is 1.71 bits per heavy atom. The van der Waals surface area contributed by atoms with E-state index in [1.807, 2.05) is 130 Å². The van der Waals surface area contributed by atoms with Crippen molar-refractivity contribution >= 4 is 42.6 Å². The fourth-order valence-electron chi connectivity index (χ4n) is 8.05. The molecule has 15 heteroatoms. The molecular formula is C47H59N3O11Si. The fourth-order valence-corrected chi connectivity index (χ4v) is 12.6. The molecule has 0 fully saturated rings. The number of carbonyl (C=O) groups is 4. The van der Waals surface area contributed by atoms with Crippen molar-refractivity contribution in [1.82, 2.24) is 16.0 Å². The third-order valence-electron chi connectivity index (χ3n) is 11.4. The minimum absolute atomic E-state index is 0.0157. The highest BCUT2D eigenvalue weighted by molar-refractivity contribution is 6.99. The van der Waals surface area contributed by atoms with Crippen molar-refractivity contribution in [3.8, 4) is 11.1 Å². The van der Waals surface area contributed by atoms with E-state index < -0.39 is 92.6 Å². The van der Waals surface area contributed by atoms with E-state index in [9.17, 15) is 44.7 Å². The van der Waals surface area contributed by atoms with Gasteiger partial charge in [0.15, 0.2) is 0 Å². The molecule has 14 nitrogen and oxygen atoms in total. The number of hydrogen-bond donors (Lipinski definition) is 8. The number of amides is 3. The molecule has 1 unspecified atom stereocenters. The van der Waals surface area contributed by atoms with E-state index in [-0.39, 0.29) is 25.6 Å². The van der Waals surface area contributed by atoms with Crippen LogP contribution < -0.4 is 26.3 Å². The zero-order chi connectivity index (χ0) is 45.2. The first kappa shape index (κ1) is 47.6. The molecule has 6 atom stereocenters. The van der Waals surface area contributed by atoms with Gasteiger partial charge in [0.1, 0.15) is 37.0 Å². The predicted octanol–water partition coefficient (Wildman–Crippen LogP) is 3.04. The molecule has 1 aliphatic carbocycles. The zero-order valence-corrected chi connectivity index (χ0v) is 36.7. The SMILES string of the molecule is CC(C)C(NC(=O)OCC1c2ccccc2-c2ccccc21)C(=O)N[C@@H](CCC(=O)NC[C@H](O)[C@@H](O)[C@H](O)[C@H](O)CO[Si](c1ccccc1)(c1ccccc1)C(C)(C)C)C(=O)O. The lowest BCUT2D eigenvalue weighted by Gasteiger charge is -2.43. The molecule has 62 heavy (non-hydrogen) atoms. The average molecular weight is 870 g/mol. The van der Waals surface area contributed by atoms with E-state index in [4.69, 9.17) is 9.16 Å². The maximum atomic E-state index is 13.3. The predicted molar refractivity (Wildman–Crippen MR) is 236 cm³/mol. The van der Waals surface area contributed by atoms with Gasteiger partial charge in [-0.2, -0.15) is 0 Å². The lowest BCUT2D eigenvalue weighted by atomic mass is 9.98. The molecule has 0 saturated heterocycles. The van der Waals surface area contributed by atoms with Gasteiger partial charge >= 0.3 is 12.1 Å². The van der Waals surface area contributed by atoms with Crippen LogP contribution in [0.3, 0.4) is 0 Å². The van der Waals surface area contributed by atoms with E-state index in [2.05, 4.69) is 16.0 Å². The number of ether oxygens (including phenoxy) is 1. The molecule has 1 aliphatic rings. The Hall–Kier alpha value is -5.42. The zero-order valence-electron chi connectivity index (χ0n) is 35.7. The number of aliphatic hydroxyl groups is 4. The molecule has 0 spiro atoms. The number of hydrogen-bond acceptors (Lipinski definition) is 10. The highest BCUT2D eigenvalue weighted by Gasteiger charge is 2.51. The maximum Gasteiger partial charge on any atom is 0.407 e. The lowest BCUT2D eigenvalue weighted by Crippen LogP contribution is -2.67. The number of carboxylic acids is 1. The molecule has 332 valence electrons. The highest BCUT2D eigenvalue weighted by atomic mass is 28.4. The second-order valence-corrected chi connectivity index (χ2v) is 21.3. The molecule has 0 bridgehead atoms. The largest absolute Gasteiger partial charge is 0.480 e. The van der Waals surface area contributed by atoms with Crippen LogP contribution in [0, 0.1) is 5.92 Å². The van der Waals surface area contributed by atoms with Crippen LogP contribution in [0.4, 0.5) is 4.79 Å². The van der Waals surface area contributed by atoms with Gasteiger partial charge in [-0.25, -0.2) is 9.59 Å². The summed E-state index contributed by atoms with van der Waals surface area (Å²) in [5.41, 5.74) is 4.15. The van der Waals surface area contributed by atoms with E-state index in [1.54, 1.807) is 13.8 Å². The van der Waals surface area contributed by atoms with Crippen LogP contribution in [0.2, 0.25) is 5.04 Å². The monoisotopic (exact) mass is 869 g/mol. The summed E-state index contributed by atoms with van der Waals surface area (Å²) in [6, 6.07) is 32.3. The normalized spacial score (nSPS) is 15.6. The van der Waals surface area contributed by atoms with Crippen LogP contribution in [0.25, 0.3) is 11.1 Å². The van der Waals surface area contributed by atoms with E-state index in [0.717, 1.165) is 32.6 Å². The van der Waals surface area contributed by atoms with Crippen molar-refractivity contribution < 1.29 is 53.9 Å². The van der Waals surface area contributed by atoms with Crippen LogP contribution >= 0.6 is 0 Å². The van der Waals surface area contributed by atoms with Gasteiger partial charge in [0.25, 0.3) is 8.32 Å². The number of fused-ring (bicyclic) bond motifs is 3. The molecule has 0 aliphatic heterocycles. The Bertz CT molecular complexity index is 2050. The number of aliphatic hydroxyl groups excluding tert-OH is 4. The molecule has 5 rings (SSSR count). The Balaban J connectivity index is 1.10. The quantitative estimate of drug-likeness (QED) is 0.0603. The third kappa shape index (κ3) is 11.1. The van der Waals surface area contributed by atoms with Gasteiger partial charge in [-0.15, -0.1) is 0 Å². The minimum Gasteiger partial charge on any atom is -0.480 e. The maximum absolute atomic E-state index is 13.3. The second kappa shape index (κ2) is 21.1. The third-order valence-corrected chi connectivity index (χ3v) is 16.4. The van der Waals surface area contributed by atoms with Gasteiger partial charge in [0.2, 0.25) is 11.8 Å². The summed E-state index contributed by atoms with van der Waals surface area (Å²) in [7, 11) is -3.10. The van der Waals surface area contributed by atoms with Crippen LogP contribution in [0.1, 0.15) is 64.5 Å². The minimum atomic E-state index is -3.10. The summed E-state index contributed by atoms with van der Waals surface area (Å²) in [6.45, 7) is 8.60. The summed E-state index contributed by atoms with van der Waals surface area (Å²) in [5, 5.41) is 62.1. The molecule has 0 radical (unpaired) electrons. The van der Waals surface area contributed by atoms with Crippen molar-refractivity contribution in [1.29, 1.82) is 0 Å². The first-order valence-corrected chi connectivity index (χ1v) is 22.8. The van der Waals surface area contributed by atoms with E-state index in [0.29, 0.717) is 0 Å². The topological polar surface area (TPSA) is 224 Å². The molecule has 3 amide bonds. The summed E-state index contributed by atoms with van der Waals surface area (Å²) >= 11 is 0. The Labute approximate surface area is 363 Å². The number of aliphatic carboxylic acids is 1. The molecule has 8 N–H and O–H groups in total. The second-order valence-electron chi connectivity index (χ2n) is 17.0.